The van der Waals surface area contributed by atoms with Crippen LogP contribution in [0.25, 0.3) is 135 Å². The lowest BCUT2D eigenvalue weighted by molar-refractivity contribution is 0.769. The zero-order valence-electron chi connectivity index (χ0n) is 50.0. The summed E-state index contributed by atoms with van der Waals surface area (Å²) in [4.78, 5) is 0. The number of aromatic nitrogens is 2. The lowest BCUT2D eigenvalue weighted by Crippen LogP contribution is -2.28. The Bertz CT molecular complexity index is 5100. The van der Waals surface area contributed by atoms with E-state index in [2.05, 4.69) is 373 Å². The Morgan fingerprint density at radius 1 is 0.209 bits per heavy atom. The molecule has 1 aliphatic rings. The third kappa shape index (κ3) is 9.35. The molecule has 2 nitrogen and oxygen atoms in total. The maximum atomic E-state index is 2.46. The molecule has 16 aromatic rings. The van der Waals surface area contributed by atoms with Crippen molar-refractivity contribution >= 4 is 67.9 Å². The van der Waals surface area contributed by atoms with Gasteiger partial charge in [-0.3, -0.25) is 0 Å². The summed E-state index contributed by atoms with van der Waals surface area (Å²) in [7, 11) is 0. The first-order valence-corrected chi connectivity index (χ1v) is 31.4. The summed E-state index contributed by atoms with van der Waals surface area (Å²) in [5.41, 5.74) is 28.5. The Labute approximate surface area is 530 Å². The molecular weight excluding hydrogens is 1100 g/mol. The van der Waals surface area contributed by atoms with E-state index in [-0.39, 0.29) is 0 Å². The zero-order chi connectivity index (χ0) is 60.2. The molecule has 91 heavy (non-hydrogen) atoms. The van der Waals surface area contributed by atoms with Crippen molar-refractivity contribution in [1.82, 2.24) is 9.13 Å². The minimum Gasteiger partial charge on any atom is -0.309 e. The van der Waals surface area contributed by atoms with Crippen molar-refractivity contribution in [2.45, 2.75) is 5.41 Å². The molecule has 2 heteroatoms. The van der Waals surface area contributed by atoms with E-state index in [0.717, 1.165) is 22.3 Å². The average molecular weight is 1160 g/mol. The Kier molecular flexibility index (Phi) is 13.1. The van der Waals surface area contributed by atoms with Crippen LogP contribution in [-0.4, -0.2) is 9.13 Å². The zero-order valence-corrected chi connectivity index (χ0v) is 50.0. The van der Waals surface area contributed by atoms with Crippen molar-refractivity contribution in [3.05, 3.63) is 384 Å². The van der Waals surface area contributed by atoms with Crippen molar-refractivity contribution in [3.63, 3.8) is 0 Å². The van der Waals surface area contributed by atoms with Crippen LogP contribution in [0.2, 0.25) is 0 Å². The van der Waals surface area contributed by atoms with Crippen LogP contribution in [0.1, 0.15) is 44.5 Å². The largest absolute Gasteiger partial charge is 0.309 e. The van der Waals surface area contributed by atoms with Gasteiger partial charge in [0.25, 0.3) is 0 Å². The standard InChI is InChI=1S/C89H60N2/c1-5-17-73(18-6-1)89(74-19-7-2-8-20-74)83-59-71(67-45-37-63(38-46-67)31-29-61-33-41-65(42-34-61)69-51-55-87-81(57-69)79-25-13-15-27-85(79)90(87)75-21-9-3-10-22-75)49-53-77(83)78-54-50-72(60-84(78)89)68-47-39-64(40-48-68)32-30-62-35-43-66(44-36-62)70-52-56-88-82(58-70)80-26-14-16-28-86(80)91(88)76-23-11-4-12-24-76/h1-60H/b31-29+,32-30+. The van der Waals surface area contributed by atoms with Gasteiger partial charge in [-0.15, -0.1) is 0 Å². The summed E-state index contributed by atoms with van der Waals surface area (Å²) in [5, 5.41) is 5.03. The van der Waals surface area contributed by atoms with Crippen molar-refractivity contribution < 1.29 is 0 Å². The second-order valence-electron chi connectivity index (χ2n) is 24.0. The van der Waals surface area contributed by atoms with E-state index in [0.29, 0.717) is 0 Å². The van der Waals surface area contributed by atoms with Gasteiger partial charge in [0.15, 0.2) is 0 Å². The number of rotatable bonds is 12. The molecule has 0 amide bonds. The van der Waals surface area contributed by atoms with Crippen LogP contribution in [0.4, 0.5) is 0 Å². The van der Waals surface area contributed by atoms with Gasteiger partial charge in [0.05, 0.1) is 27.5 Å². The number of fused-ring (bicyclic) bond motifs is 9. The topological polar surface area (TPSA) is 9.86 Å². The van der Waals surface area contributed by atoms with Crippen LogP contribution >= 0.6 is 0 Å². The molecule has 0 bridgehead atoms. The Morgan fingerprint density at radius 3 is 0.835 bits per heavy atom. The molecule has 0 atom stereocenters. The monoisotopic (exact) mass is 1160 g/mol. The van der Waals surface area contributed by atoms with Crippen molar-refractivity contribution in [3.8, 4) is 67.0 Å². The normalized spacial score (nSPS) is 12.6. The van der Waals surface area contributed by atoms with Gasteiger partial charge >= 0.3 is 0 Å². The molecule has 0 N–H and O–H groups in total. The van der Waals surface area contributed by atoms with E-state index in [4.69, 9.17) is 0 Å². The number of hydrogen-bond acceptors (Lipinski definition) is 0. The molecule has 0 saturated heterocycles. The van der Waals surface area contributed by atoms with Crippen molar-refractivity contribution in [2.75, 3.05) is 0 Å². The summed E-state index contributed by atoms with van der Waals surface area (Å²) >= 11 is 0. The second kappa shape index (κ2) is 22.4. The Hall–Kier alpha value is -11.8. The van der Waals surface area contributed by atoms with Crippen LogP contribution in [0.5, 0.6) is 0 Å². The maximum Gasteiger partial charge on any atom is 0.0713 e. The molecular formula is C89H60N2. The number of para-hydroxylation sites is 4. The van der Waals surface area contributed by atoms with E-state index < -0.39 is 5.41 Å². The first-order chi connectivity index (χ1) is 45.1. The first kappa shape index (κ1) is 53.4. The summed E-state index contributed by atoms with van der Waals surface area (Å²) in [5.74, 6) is 0. The molecule has 17 rings (SSSR count). The highest BCUT2D eigenvalue weighted by Gasteiger charge is 2.46. The fourth-order valence-electron chi connectivity index (χ4n) is 14.4. The number of hydrogen-bond donors (Lipinski definition) is 0. The van der Waals surface area contributed by atoms with Gasteiger partial charge in [-0.2, -0.15) is 0 Å². The highest BCUT2D eigenvalue weighted by Crippen LogP contribution is 2.57. The Morgan fingerprint density at radius 2 is 0.484 bits per heavy atom. The fraction of sp³-hybridized carbons (Fsp3) is 0.0112. The maximum absolute atomic E-state index is 2.46. The highest BCUT2D eigenvalue weighted by atomic mass is 15.0. The van der Waals surface area contributed by atoms with Crippen LogP contribution in [0.3, 0.4) is 0 Å². The molecule has 426 valence electrons. The van der Waals surface area contributed by atoms with Crippen LogP contribution in [0, 0.1) is 0 Å². The Balaban J connectivity index is 0.627. The molecule has 2 aromatic heterocycles. The third-order valence-electron chi connectivity index (χ3n) is 18.8. The smallest absolute Gasteiger partial charge is 0.0713 e. The molecule has 1 aliphatic carbocycles. The molecule has 0 spiro atoms. The van der Waals surface area contributed by atoms with E-state index >= 15 is 0 Å². The molecule has 0 fully saturated rings. The van der Waals surface area contributed by atoms with Crippen molar-refractivity contribution in [2.24, 2.45) is 0 Å². The SMILES string of the molecule is C(=C\c1ccc(-c2ccc3c(c2)c2ccccc2n3-c2ccccc2)cc1)/c1ccc(-c2ccc3c(c2)C(c2ccccc2)(c2ccccc2)c2cc(-c4ccc(/C=C/c5ccc(-c6ccc7c(c6)c6ccccc6n7-c6ccccc6)cc5)cc4)ccc2-3)cc1. The van der Waals surface area contributed by atoms with Gasteiger partial charge in [0.2, 0.25) is 0 Å². The third-order valence-corrected chi connectivity index (χ3v) is 18.8. The molecule has 0 radical (unpaired) electrons. The summed E-state index contributed by atoms with van der Waals surface area (Å²) in [6.07, 6.45) is 8.86. The van der Waals surface area contributed by atoms with Gasteiger partial charge in [-0.1, -0.05) is 291 Å². The quantitative estimate of drug-likeness (QED) is 0.108. The summed E-state index contributed by atoms with van der Waals surface area (Å²) in [6, 6.07) is 125. The van der Waals surface area contributed by atoms with E-state index in [1.165, 1.54) is 133 Å². The average Bonchev–Trinajstić information content (AvgIpc) is 1.56. The van der Waals surface area contributed by atoms with Crippen LogP contribution in [-0.2, 0) is 5.41 Å². The van der Waals surface area contributed by atoms with Gasteiger partial charge < -0.3 is 9.13 Å². The number of nitrogens with zero attached hydrogens (tertiary/aromatic N) is 2. The van der Waals surface area contributed by atoms with Gasteiger partial charge in [0.1, 0.15) is 0 Å². The predicted molar refractivity (Wildman–Crippen MR) is 385 cm³/mol. The lowest BCUT2D eigenvalue weighted by Gasteiger charge is -2.34. The van der Waals surface area contributed by atoms with E-state index in [1.807, 2.05) is 0 Å². The van der Waals surface area contributed by atoms with Gasteiger partial charge in [0, 0.05) is 32.9 Å². The molecule has 0 aliphatic heterocycles. The van der Waals surface area contributed by atoms with Crippen molar-refractivity contribution in [1.29, 1.82) is 0 Å². The lowest BCUT2D eigenvalue weighted by atomic mass is 9.67. The van der Waals surface area contributed by atoms with E-state index in [9.17, 15) is 0 Å². The summed E-state index contributed by atoms with van der Waals surface area (Å²) in [6.45, 7) is 0. The van der Waals surface area contributed by atoms with Gasteiger partial charge in [-0.05, 0) is 173 Å². The molecule has 14 aromatic carbocycles. The first-order valence-electron chi connectivity index (χ1n) is 31.4. The second-order valence-corrected chi connectivity index (χ2v) is 24.0. The molecule has 0 saturated carbocycles. The highest BCUT2D eigenvalue weighted by molar-refractivity contribution is 6.12. The number of benzene rings is 14. The summed E-state index contributed by atoms with van der Waals surface area (Å²) < 4.78 is 4.73. The van der Waals surface area contributed by atoms with Gasteiger partial charge in [-0.25, -0.2) is 0 Å². The molecule has 0 unspecified atom stereocenters. The minimum absolute atomic E-state index is 0.555. The van der Waals surface area contributed by atoms with Crippen LogP contribution < -0.4 is 0 Å². The fourth-order valence-corrected chi connectivity index (χ4v) is 14.4. The molecule has 2 heterocycles. The minimum atomic E-state index is -0.555. The van der Waals surface area contributed by atoms with Crippen LogP contribution in [0.15, 0.2) is 340 Å². The van der Waals surface area contributed by atoms with E-state index in [1.54, 1.807) is 0 Å². The predicted octanol–water partition coefficient (Wildman–Crippen LogP) is 23.3.